The van der Waals surface area contributed by atoms with E-state index < -0.39 is 0 Å². The van der Waals surface area contributed by atoms with Crippen LogP contribution in [0, 0.1) is 5.92 Å². The molecule has 0 radical (unpaired) electrons. The highest BCUT2D eigenvalue weighted by Crippen LogP contribution is 2.15. The third-order valence-corrected chi connectivity index (χ3v) is 3.38. The first-order chi connectivity index (χ1) is 8.49. The molecule has 0 aliphatic carbocycles. The lowest BCUT2D eigenvalue weighted by atomic mass is 10.2. The number of hydrogen-bond acceptors (Lipinski definition) is 2. The number of anilines is 1. The summed E-state index contributed by atoms with van der Waals surface area (Å²) in [5, 5.41) is 3.47. The molecule has 0 amide bonds. The number of benzene rings is 1. The minimum Gasteiger partial charge on any atom is -0.384 e. The quantitative estimate of drug-likeness (QED) is 0.810. The fourth-order valence-electron chi connectivity index (χ4n) is 1.97. The number of nitrogens with one attached hydrogen (secondary N) is 1. The number of nitrogens with zero attached hydrogens (tertiary/aromatic N) is 1. The molecule has 0 spiro atoms. The topological polar surface area (TPSA) is 15.3 Å². The largest absolute Gasteiger partial charge is 0.384 e. The Morgan fingerprint density at radius 1 is 1.22 bits per heavy atom. The normalized spacial score (nSPS) is 11.6. The van der Waals surface area contributed by atoms with Crippen LogP contribution in [0.2, 0.25) is 0 Å². The molecule has 0 aliphatic heterocycles. The summed E-state index contributed by atoms with van der Waals surface area (Å²) in [6.45, 7) is 12.3. The lowest BCUT2D eigenvalue weighted by Gasteiger charge is -2.28. The molecular formula is C15H25BrN2. The summed E-state index contributed by atoms with van der Waals surface area (Å²) in [5.41, 5.74) is 1.18. The standard InChI is InChI=1S/C15H25BrN2/c1-12(2)11-18(13(3)4)9-8-17-15-7-5-6-14(16)10-15/h5-7,10,12-13,17H,8-9,11H2,1-4H3. The maximum atomic E-state index is 3.49. The summed E-state index contributed by atoms with van der Waals surface area (Å²) in [4.78, 5) is 2.52. The summed E-state index contributed by atoms with van der Waals surface area (Å²) >= 11 is 3.49. The number of rotatable bonds is 7. The lowest BCUT2D eigenvalue weighted by molar-refractivity contribution is 0.205. The van der Waals surface area contributed by atoms with Crippen LogP contribution in [-0.4, -0.2) is 30.6 Å². The van der Waals surface area contributed by atoms with E-state index >= 15 is 0 Å². The Kier molecular flexibility index (Phi) is 6.72. The van der Waals surface area contributed by atoms with Crippen LogP contribution < -0.4 is 5.32 Å². The zero-order chi connectivity index (χ0) is 13.5. The highest BCUT2D eigenvalue weighted by Gasteiger charge is 2.10. The zero-order valence-corrected chi connectivity index (χ0v) is 13.5. The molecular weight excluding hydrogens is 288 g/mol. The van der Waals surface area contributed by atoms with E-state index in [1.165, 1.54) is 5.69 Å². The molecule has 0 aliphatic rings. The van der Waals surface area contributed by atoms with Gasteiger partial charge in [0.25, 0.3) is 0 Å². The van der Waals surface area contributed by atoms with E-state index in [0.29, 0.717) is 6.04 Å². The Labute approximate surface area is 120 Å². The lowest BCUT2D eigenvalue weighted by Crippen LogP contribution is -2.37. The number of hydrogen-bond donors (Lipinski definition) is 1. The second-order valence-corrected chi connectivity index (χ2v) is 6.34. The summed E-state index contributed by atoms with van der Waals surface area (Å²) in [6.07, 6.45) is 0. The van der Waals surface area contributed by atoms with Gasteiger partial charge in [-0.05, 0) is 38.0 Å². The molecule has 1 rings (SSSR count). The van der Waals surface area contributed by atoms with Crippen molar-refractivity contribution in [2.75, 3.05) is 25.0 Å². The minimum absolute atomic E-state index is 0.608. The first-order valence-electron chi connectivity index (χ1n) is 6.72. The van der Waals surface area contributed by atoms with Gasteiger partial charge in [-0.25, -0.2) is 0 Å². The molecule has 0 saturated heterocycles. The van der Waals surface area contributed by atoms with Crippen molar-refractivity contribution in [3.8, 4) is 0 Å². The van der Waals surface area contributed by atoms with Crippen molar-refractivity contribution in [1.82, 2.24) is 4.90 Å². The van der Waals surface area contributed by atoms with Crippen molar-refractivity contribution >= 4 is 21.6 Å². The van der Waals surface area contributed by atoms with Crippen LogP contribution in [-0.2, 0) is 0 Å². The molecule has 0 saturated carbocycles. The van der Waals surface area contributed by atoms with Crippen LogP contribution in [0.25, 0.3) is 0 Å². The molecule has 0 fully saturated rings. The van der Waals surface area contributed by atoms with Crippen LogP contribution in [0.1, 0.15) is 27.7 Å². The monoisotopic (exact) mass is 312 g/mol. The Morgan fingerprint density at radius 2 is 1.94 bits per heavy atom. The van der Waals surface area contributed by atoms with E-state index in [9.17, 15) is 0 Å². The zero-order valence-electron chi connectivity index (χ0n) is 11.9. The fraction of sp³-hybridized carbons (Fsp3) is 0.600. The van der Waals surface area contributed by atoms with Crippen molar-refractivity contribution in [3.05, 3.63) is 28.7 Å². The van der Waals surface area contributed by atoms with Crippen molar-refractivity contribution in [2.24, 2.45) is 5.92 Å². The van der Waals surface area contributed by atoms with Crippen molar-refractivity contribution in [3.63, 3.8) is 0 Å². The van der Waals surface area contributed by atoms with Gasteiger partial charge in [0.1, 0.15) is 0 Å². The summed E-state index contributed by atoms with van der Waals surface area (Å²) < 4.78 is 1.12. The Bertz CT molecular complexity index is 350. The van der Waals surface area contributed by atoms with Gasteiger partial charge in [0, 0.05) is 35.8 Å². The van der Waals surface area contributed by atoms with Gasteiger partial charge < -0.3 is 5.32 Å². The molecule has 18 heavy (non-hydrogen) atoms. The first-order valence-corrected chi connectivity index (χ1v) is 7.52. The maximum Gasteiger partial charge on any atom is 0.0351 e. The third kappa shape index (κ3) is 5.87. The summed E-state index contributed by atoms with van der Waals surface area (Å²) in [7, 11) is 0. The van der Waals surface area contributed by atoms with Crippen molar-refractivity contribution in [1.29, 1.82) is 0 Å². The molecule has 2 nitrogen and oxygen atoms in total. The van der Waals surface area contributed by atoms with Crippen LogP contribution >= 0.6 is 15.9 Å². The van der Waals surface area contributed by atoms with Crippen LogP contribution in [0.3, 0.4) is 0 Å². The Hall–Kier alpha value is -0.540. The third-order valence-electron chi connectivity index (χ3n) is 2.88. The van der Waals surface area contributed by atoms with Crippen LogP contribution in [0.4, 0.5) is 5.69 Å². The predicted octanol–water partition coefficient (Wildman–Crippen LogP) is 4.23. The molecule has 0 bridgehead atoms. The molecule has 0 atom stereocenters. The SMILES string of the molecule is CC(C)CN(CCNc1cccc(Br)c1)C(C)C. The van der Waals surface area contributed by atoms with Gasteiger partial charge in [-0.3, -0.25) is 4.90 Å². The molecule has 0 aromatic heterocycles. The maximum absolute atomic E-state index is 3.49. The van der Waals surface area contributed by atoms with Gasteiger partial charge in [0.2, 0.25) is 0 Å². The summed E-state index contributed by atoms with van der Waals surface area (Å²) in [6, 6.07) is 8.93. The van der Waals surface area contributed by atoms with Gasteiger partial charge in [-0.15, -0.1) is 0 Å². The number of halogens is 1. The van der Waals surface area contributed by atoms with Gasteiger partial charge in [-0.1, -0.05) is 35.8 Å². The first kappa shape index (κ1) is 15.5. The van der Waals surface area contributed by atoms with Crippen LogP contribution in [0.5, 0.6) is 0 Å². The molecule has 102 valence electrons. The second kappa shape index (κ2) is 7.80. The molecule has 1 N–H and O–H groups in total. The van der Waals surface area contributed by atoms with Crippen molar-refractivity contribution in [2.45, 2.75) is 33.7 Å². The van der Waals surface area contributed by atoms with E-state index in [-0.39, 0.29) is 0 Å². The second-order valence-electron chi connectivity index (χ2n) is 5.42. The predicted molar refractivity (Wildman–Crippen MR) is 84.2 cm³/mol. The van der Waals surface area contributed by atoms with Gasteiger partial charge in [0.05, 0.1) is 0 Å². The highest BCUT2D eigenvalue weighted by atomic mass is 79.9. The van der Waals surface area contributed by atoms with Crippen molar-refractivity contribution < 1.29 is 0 Å². The minimum atomic E-state index is 0.608. The van der Waals surface area contributed by atoms with Crippen LogP contribution in [0.15, 0.2) is 28.7 Å². The summed E-state index contributed by atoms with van der Waals surface area (Å²) in [5.74, 6) is 0.721. The molecule has 3 heteroatoms. The van der Waals surface area contributed by atoms with Gasteiger partial charge >= 0.3 is 0 Å². The van der Waals surface area contributed by atoms with E-state index in [1.807, 2.05) is 6.07 Å². The van der Waals surface area contributed by atoms with Gasteiger partial charge in [-0.2, -0.15) is 0 Å². The van der Waals surface area contributed by atoms with E-state index in [1.54, 1.807) is 0 Å². The smallest absolute Gasteiger partial charge is 0.0351 e. The van der Waals surface area contributed by atoms with E-state index in [4.69, 9.17) is 0 Å². The average Bonchev–Trinajstić information content (AvgIpc) is 2.27. The van der Waals surface area contributed by atoms with E-state index in [2.05, 4.69) is 72.0 Å². The molecule has 1 aromatic rings. The highest BCUT2D eigenvalue weighted by molar-refractivity contribution is 9.10. The van der Waals surface area contributed by atoms with Gasteiger partial charge in [0.15, 0.2) is 0 Å². The Morgan fingerprint density at radius 3 is 2.50 bits per heavy atom. The Balaban J connectivity index is 2.39. The molecule has 1 aromatic carbocycles. The molecule has 0 unspecified atom stereocenters. The van der Waals surface area contributed by atoms with E-state index in [0.717, 1.165) is 30.0 Å². The average molecular weight is 313 g/mol. The molecule has 0 heterocycles. The fourth-order valence-corrected chi connectivity index (χ4v) is 2.37.